The first-order valence-electron chi connectivity index (χ1n) is 8.78. The number of ether oxygens (including phenoxy) is 1. The Labute approximate surface area is 162 Å². The van der Waals surface area contributed by atoms with Crippen molar-refractivity contribution >= 4 is 21.4 Å². The van der Waals surface area contributed by atoms with Crippen molar-refractivity contribution in [2.24, 2.45) is 0 Å². The van der Waals surface area contributed by atoms with Gasteiger partial charge in [0.05, 0.1) is 18.8 Å². The van der Waals surface area contributed by atoms with Crippen LogP contribution in [0, 0.1) is 6.92 Å². The van der Waals surface area contributed by atoms with Crippen LogP contribution in [0.25, 0.3) is 0 Å². The second-order valence-corrected chi connectivity index (χ2v) is 9.45. The molecule has 0 unspecified atom stereocenters. The molecule has 8 heteroatoms. The molecule has 0 spiro atoms. The van der Waals surface area contributed by atoms with Crippen LogP contribution in [0.5, 0.6) is 0 Å². The van der Waals surface area contributed by atoms with Crippen molar-refractivity contribution in [2.45, 2.75) is 30.2 Å². The molecule has 4 rings (SSSR count). The van der Waals surface area contributed by atoms with Crippen molar-refractivity contribution in [1.29, 1.82) is 0 Å². The van der Waals surface area contributed by atoms with Gasteiger partial charge in [0, 0.05) is 12.7 Å². The first-order chi connectivity index (χ1) is 13.0. The van der Waals surface area contributed by atoms with E-state index < -0.39 is 10.0 Å². The Hall–Kier alpha value is -2.00. The minimum absolute atomic E-state index is 0.176. The van der Waals surface area contributed by atoms with Crippen molar-refractivity contribution in [3.05, 3.63) is 70.4 Å². The second-order valence-electron chi connectivity index (χ2n) is 6.58. The lowest BCUT2D eigenvalue weighted by atomic mass is 10.1. The summed E-state index contributed by atoms with van der Waals surface area (Å²) < 4.78 is 35.8. The zero-order valence-corrected chi connectivity index (χ0v) is 16.6. The Balaban J connectivity index is 1.49. The monoisotopic (exact) mass is 403 g/mol. The predicted molar refractivity (Wildman–Crippen MR) is 104 cm³/mol. The number of hydrogen-bond acceptors (Lipinski definition) is 5. The number of rotatable bonds is 6. The second kappa shape index (κ2) is 7.55. The molecule has 6 nitrogen and oxygen atoms in total. The Kier molecular flexibility index (Phi) is 5.14. The minimum Gasteiger partial charge on any atom is -0.370 e. The van der Waals surface area contributed by atoms with Crippen molar-refractivity contribution in [1.82, 2.24) is 14.5 Å². The molecule has 0 amide bonds. The highest BCUT2D eigenvalue weighted by Gasteiger charge is 2.27. The lowest BCUT2D eigenvalue weighted by molar-refractivity contribution is 0.0430. The summed E-state index contributed by atoms with van der Waals surface area (Å²) in [7, 11) is -3.54. The maximum absolute atomic E-state index is 12.5. The molecule has 0 bridgehead atoms. The third-order valence-electron chi connectivity index (χ3n) is 4.57. The van der Waals surface area contributed by atoms with Crippen LogP contribution in [0.3, 0.4) is 0 Å². The van der Waals surface area contributed by atoms with Crippen molar-refractivity contribution < 1.29 is 13.2 Å². The summed E-state index contributed by atoms with van der Waals surface area (Å²) in [5.74, 6) is 0. The van der Waals surface area contributed by atoms with Gasteiger partial charge in [-0.3, -0.25) is 4.68 Å². The van der Waals surface area contributed by atoms with E-state index in [0.29, 0.717) is 17.4 Å². The number of nitrogens with one attached hydrogen (secondary N) is 1. The molecule has 2 aromatic heterocycles. The number of sulfonamides is 1. The summed E-state index contributed by atoms with van der Waals surface area (Å²) in [6.45, 7) is 3.22. The Morgan fingerprint density at radius 1 is 1.30 bits per heavy atom. The van der Waals surface area contributed by atoms with Crippen LogP contribution >= 0.6 is 11.3 Å². The fourth-order valence-corrected chi connectivity index (χ4v) is 5.72. The summed E-state index contributed by atoms with van der Waals surface area (Å²) in [6, 6.07) is 11.9. The van der Waals surface area contributed by atoms with E-state index in [0.717, 1.165) is 23.2 Å². The maximum Gasteiger partial charge on any atom is 0.250 e. The maximum atomic E-state index is 12.5. The van der Waals surface area contributed by atoms with Gasteiger partial charge in [-0.15, -0.1) is 11.3 Å². The molecule has 1 aliphatic heterocycles. The van der Waals surface area contributed by atoms with Gasteiger partial charge in [-0.2, -0.15) is 5.10 Å². The fourth-order valence-electron chi connectivity index (χ4n) is 3.22. The van der Waals surface area contributed by atoms with Crippen LogP contribution in [0.15, 0.2) is 52.2 Å². The fraction of sp³-hybridized carbons (Fsp3) is 0.316. The van der Waals surface area contributed by atoms with E-state index in [1.54, 1.807) is 18.4 Å². The molecule has 0 saturated heterocycles. The largest absolute Gasteiger partial charge is 0.370 e. The first kappa shape index (κ1) is 18.4. The standard InChI is InChI=1S/C19H21N3O3S2/c1-14-8-10-26-19(14)27(23,24)20-11-17-18-16(7-9-25-17)13-22(21-18)12-15-5-3-2-4-6-15/h2-6,8,10,13,17,20H,7,9,11-12H2,1H3/t17-/m1/s1. The van der Waals surface area contributed by atoms with Crippen LogP contribution in [-0.4, -0.2) is 31.3 Å². The van der Waals surface area contributed by atoms with Gasteiger partial charge in [0.15, 0.2) is 0 Å². The SMILES string of the molecule is Cc1ccsc1S(=O)(=O)NC[C@H]1OCCc2cn(Cc3ccccc3)nc21. The number of aryl methyl sites for hydroxylation is 1. The third kappa shape index (κ3) is 3.98. The van der Waals surface area contributed by atoms with Gasteiger partial charge in [-0.1, -0.05) is 30.3 Å². The molecular formula is C19H21N3O3S2. The molecular weight excluding hydrogens is 382 g/mol. The van der Waals surface area contributed by atoms with Crippen molar-refractivity contribution in [3.8, 4) is 0 Å². The summed E-state index contributed by atoms with van der Waals surface area (Å²) in [5, 5.41) is 6.45. The van der Waals surface area contributed by atoms with E-state index in [1.165, 1.54) is 16.9 Å². The van der Waals surface area contributed by atoms with Crippen molar-refractivity contribution in [3.63, 3.8) is 0 Å². The molecule has 142 valence electrons. The molecule has 3 heterocycles. The molecule has 0 radical (unpaired) electrons. The zero-order chi connectivity index (χ0) is 18.9. The quantitative estimate of drug-likeness (QED) is 0.687. The summed E-state index contributed by atoms with van der Waals surface area (Å²) in [4.78, 5) is 0. The molecule has 3 aromatic rings. The third-order valence-corrected chi connectivity index (χ3v) is 7.68. The molecule has 0 aliphatic carbocycles. The molecule has 1 atom stereocenters. The molecule has 1 aliphatic rings. The van der Waals surface area contributed by atoms with E-state index in [9.17, 15) is 8.42 Å². The number of hydrogen-bond donors (Lipinski definition) is 1. The number of benzene rings is 1. The van der Waals surface area contributed by atoms with Gasteiger partial charge < -0.3 is 4.74 Å². The number of fused-ring (bicyclic) bond motifs is 1. The zero-order valence-electron chi connectivity index (χ0n) is 15.0. The van der Waals surface area contributed by atoms with Crippen LogP contribution < -0.4 is 4.72 Å². The topological polar surface area (TPSA) is 73.2 Å². The molecule has 0 saturated carbocycles. The van der Waals surface area contributed by atoms with Gasteiger partial charge in [0.2, 0.25) is 10.0 Å². The average molecular weight is 404 g/mol. The number of aromatic nitrogens is 2. The lowest BCUT2D eigenvalue weighted by Crippen LogP contribution is -2.31. The average Bonchev–Trinajstić information content (AvgIpc) is 3.27. The molecule has 0 fully saturated rings. The van der Waals surface area contributed by atoms with Gasteiger partial charge in [0.25, 0.3) is 0 Å². The Morgan fingerprint density at radius 3 is 2.85 bits per heavy atom. The van der Waals surface area contributed by atoms with Gasteiger partial charge in [-0.25, -0.2) is 13.1 Å². The van der Waals surface area contributed by atoms with E-state index in [1.807, 2.05) is 29.1 Å². The Morgan fingerprint density at radius 2 is 2.11 bits per heavy atom. The molecule has 27 heavy (non-hydrogen) atoms. The first-order valence-corrected chi connectivity index (χ1v) is 11.1. The summed E-state index contributed by atoms with van der Waals surface area (Å²) in [5.41, 5.74) is 3.87. The van der Waals surface area contributed by atoms with Gasteiger partial charge in [0.1, 0.15) is 10.3 Å². The smallest absolute Gasteiger partial charge is 0.250 e. The van der Waals surface area contributed by atoms with Gasteiger partial charge in [-0.05, 0) is 41.5 Å². The van der Waals surface area contributed by atoms with E-state index in [4.69, 9.17) is 4.74 Å². The normalized spacial score (nSPS) is 17.0. The number of thiophene rings is 1. The molecule has 1 aromatic carbocycles. The minimum atomic E-state index is -3.54. The van der Waals surface area contributed by atoms with Crippen LogP contribution in [0.4, 0.5) is 0 Å². The van der Waals surface area contributed by atoms with Crippen LogP contribution in [0.2, 0.25) is 0 Å². The van der Waals surface area contributed by atoms with Gasteiger partial charge >= 0.3 is 0 Å². The predicted octanol–water partition coefficient (Wildman–Crippen LogP) is 2.89. The van der Waals surface area contributed by atoms with Crippen LogP contribution in [-0.2, 0) is 27.7 Å². The molecule has 1 N–H and O–H groups in total. The Bertz CT molecular complexity index is 1030. The highest BCUT2D eigenvalue weighted by molar-refractivity contribution is 7.91. The van der Waals surface area contributed by atoms with E-state index >= 15 is 0 Å². The highest BCUT2D eigenvalue weighted by Crippen LogP contribution is 2.27. The van der Waals surface area contributed by atoms with E-state index in [-0.39, 0.29) is 12.6 Å². The number of nitrogens with zero attached hydrogens (tertiary/aromatic N) is 2. The van der Waals surface area contributed by atoms with Crippen molar-refractivity contribution in [2.75, 3.05) is 13.2 Å². The highest BCUT2D eigenvalue weighted by atomic mass is 32.2. The van der Waals surface area contributed by atoms with Crippen LogP contribution in [0.1, 0.15) is 28.5 Å². The summed E-state index contributed by atoms with van der Waals surface area (Å²) >= 11 is 1.22. The van der Waals surface area contributed by atoms with E-state index in [2.05, 4.69) is 22.0 Å². The summed E-state index contributed by atoms with van der Waals surface area (Å²) in [6.07, 6.45) is 2.45. The lowest BCUT2D eigenvalue weighted by Gasteiger charge is -2.22.